The molecule has 5 heteroatoms. The number of anilines is 1. The summed E-state index contributed by atoms with van der Waals surface area (Å²) in [5.41, 5.74) is 6.94. The molecule has 0 bridgehead atoms. The van der Waals surface area contributed by atoms with Crippen molar-refractivity contribution in [2.45, 2.75) is 12.2 Å². The molecule has 3 N–H and O–H groups in total. The average molecular weight is 280 g/mol. The number of hydrogen-bond acceptors (Lipinski definition) is 2. The Hall–Kier alpha value is -2.01. The third-order valence-electron chi connectivity index (χ3n) is 2.97. The quantitative estimate of drug-likeness (QED) is 0.893. The molecule has 0 aliphatic heterocycles. The first-order valence-corrected chi connectivity index (χ1v) is 6.18. The van der Waals surface area contributed by atoms with E-state index in [1.165, 1.54) is 12.1 Å². The molecule has 20 heavy (non-hydrogen) atoms. The first-order valence-electron chi connectivity index (χ1n) is 6.18. The molecule has 0 aromatic heterocycles. The molecule has 106 valence electrons. The highest BCUT2D eigenvalue weighted by Gasteiger charge is 2.29. The van der Waals surface area contributed by atoms with E-state index in [0.29, 0.717) is 12.2 Å². The molecule has 1 unspecified atom stereocenters. The van der Waals surface area contributed by atoms with Gasteiger partial charge in [0.25, 0.3) is 0 Å². The van der Waals surface area contributed by atoms with Crippen LogP contribution in [0.3, 0.4) is 0 Å². The van der Waals surface area contributed by atoms with E-state index in [2.05, 4.69) is 5.32 Å². The molecule has 0 aliphatic carbocycles. The summed E-state index contributed by atoms with van der Waals surface area (Å²) in [5, 5.41) is 3.03. The Morgan fingerprint density at radius 1 is 0.950 bits per heavy atom. The van der Waals surface area contributed by atoms with Crippen LogP contribution in [0.15, 0.2) is 54.6 Å². The smallest absolute Gasteiger partial charge is 0.383 e. The van der Waals surface area contributed by atoms with Crippen LogP contribution in [0.4, 0.5) is 18.9 Å². The van der Waals surface area contributed by atoms with Gasteiger partial charge in [0.05, 0.1) is 5.56 Å². The summed E-state index contributed by atoms with van der Waals surface area (Å²) in [6, 6.07) is 14.2. The average Bonchev–Trinajstić information content (AvgIpc) is 2.45. The van der Waals surface area contributed by atoms with E-state index in [4.69, 9.17) is 5.73 Å². The number of nitrogens with one attached hydrogen (secondary N) is 1. The molecule has 0 heterocycles. The first-order chi connectivity index (χ1) is 9.47. The third kappa shape index (κ3) is 3.74. The zero-order valence-corrected chi connectivity index (χ0v) is 10.7. The van der Waals surface area contributed by atoms with Gasteiger partial charge in [0.1, 0.15) is 0 Å². The summed E-state index contributed by atoms with van der Waals surface area (Å²) in [6.07, 6.45) is -4.31. The van der Waals surface area contributed by atoms with Gasteiger partial charge in [-0.15, -0.1) is 0 Å². The highest BCUT2D eigenvalue weighted by atomic mass is 19.4. The summed E-state index contributed by atoms with van der Waals surface area (Å²) in [7, 11) is 0. The van der Waals surface area contributed by atoms with Crippen molar-refractivity contribution < 1.29 is 13.2 Å². The molecule has 0 fully saturated rings. The monoisotopic (exact) mass is 280 g/mol. The van der Waals surface area contributed by atoms with Gasteiger partial charge < -0.3 is 11.1 Å². The Bertz CT molecular complexity index is 535. The molecule has 2 aromatic carbocycles. The standard InChI is InChI=1S/C15H15F3N2/c16-15(17,18)12-6-8-13(9-7-12)20-10-14(19)11-4-2-1-3-5-11/h1-9,14,20H,10,19H2. The van der Waals surface area contributed by atoms with Crippen molar-refractivity contribution in [3.63, 3.8) is 0 Å². The summed E-state index contributed by atoms with van der Waals surface area (Å²) in [4.78, 5) is 0. The van der Waals surface area contributed by atoms with Crippen LogP contribution in [0.1, 0.15) is 17.2 Å². The van der Waals surface area contributed by atoms with E-state index in [0.717, 1.165) is 17.7 Å². The number of rotatable bonds is 4. The van der Waals surface area contributed by atoms with Crippen LogP contribution < -0.4 is 11.1 Å². The van der Waals surface area contributed by atoms with Crippen molar-refractivity contribution in [1.29, 1.82) is 0 Å². The lowest BCUT2D eigenvalue weighted by molar-refractivity contribution is -0.137. The predicted molar refractivity (Wildman–Crippen MR) is 73.3 cm³/mol. The maximum atomic E-state index is 12.4. The van der Waals surface area contributed by atoms with Crippen molar-refractivity contribution >= 4 is 5.69 Å². The molecule has 0 saturated heterocycles. The van der Waals surface area contributed by atoms with Gasteiger partial charge in [-0.05, 0) is 29.8 Å². The minimum absolute atomic E-state index is 0.210. The zero-order chi connectivity index (χ0) is 14.6. The Morgan fingerprint density at radius 3 is 2.10 bits per heavy atom. The molecule has 1 atom stereocenters. The summed E-state index contributed by atoms with van der Waals surface area (Å²) >= 11 is 0. The molecule has 0 spiro atoms. The second kappa shape index (κ2) is 5.96. The van der Waals surface area contributed by atoms with Gasteiger partial charge in [-0.1, -0.05) is 30.3 Å². The lowest BCUT2D eigenvalue weighted by atomic mass is 10.1. The molecule has 0 radical (unpaired) electrons. The second-order valence-electron chi connectivity index (χ2n) is 4.47. The Balaban J connectivity index is 1.94. The molecular formula is C15H15F3N2. The maximum Gasteiger partial charge on any atom is 0.416 e. The van der Waals surface area contributed by atoms with Crippen LogP contribution in [-0.4, -0.2) is 6.54 Å². The number of nitrogens with two attached hydrogens (primary N) is 1. The highest BCUT2D eigenvalue weighted by Crippen LogP contribution is 2.29. The van der Waals surface area contributed by atoms with E-state index in [-0.39, 0.29) is 6.04 Å². The molecular weight excluding hydrogens is 265 g/mol. The van der Waals surface area contributed by atoms with Gasteiger partial charge >= 0.3 is 6.18 Å². The highest BCUT2D eigenvalue weighted by molar-refractivity contribution is 5.45. The van der Waals surface area contributed by atoms with Crippen LogP contribution in [0.5, 0.6) is 0 Å². The number of benzene rings is 2. The largest absolute Gasteiger partial charge is 0.416 e. The summed E-state index contributed by atoms with van der Waals surface area (Å²) in [5.74, 6) is 0. The molecule has 0 aliphatic rings. The fraction of sp³-hybridized carbons (Fsp3) is 0.200. The van der Waals surface area contributed by atoms with Gasteiger partial charge in [-0.3, -0.25) is 0 Å². The van der Waals surface area contributed by atoms with Crippen molar-refractivity contribution in [3.05, 3.63) is 65.7 Å². The van der Waals surface area contributed by atoms with Gasteiger partial charge in [0, 0.05) is 18.3 Å². The molecule has 0 amide bonds. The second-order valence-corrected chi connectivity index (χ2v) is 4.47. The fourth-order valence-corrected chi connectivity index (χ4v) is 1.82. The number of halogens is 3. The van der Waals surface area contributed by atoms with Crippen LogP contribution in [0, 0.1) is 0 Å². The summed E-state index contributed by atoms with van der Waals surface area (Å²) in [6.45, 7) is 0.454. The van der Waals surface area contributed by atoms with E-state index >= 15 is 0 Å². The minimum Gasteiger partial charge on any atom is -0.383 e. The minimum atomic E-state index is -4.31. The van der Waals surface area contributed by atoms with Crippen LogP contribution in [0.25, 0.3) is 0 Å². The Labute approximate surface area is 115 Å². The lowest BCUT2D eigenvalue weighted by Gasteiger charge is -2.14. The van der Waals surface area contributed by atoms with Crippen molar-refractivity contribution in [2.24, 2.45) is 5.73 Å². The third-order valence-corrected chi connectivity index (χ3v) is 2.97. The zero-order valence-electron chi connectivity index (χ0n) is 10.7. The van der Waals surface area contributed by atoms with E-state index in [9.17, 15) is 13.2 Å². The molecule has 2 aromatic rings. The van der Waals surface area contributed by atoms with Gasteiger partial charge in [0.2, 0.25) is 0 Å². The normalized spacial score (nSPS) is 13.0. The van der Waals surface area contributed by atoms with Gasteiger partial charge in [0.15, 0.2) is 0 Å². The van der Waals surface area contributed by atoms with Crippen molar-refractivity contribution in [3.8, 4) is 0 Å². The van der Waals surface area contributed by atoms with Crippen LogP contribution in [-0.2, 0) is 6.18 Å². The van der Waals surface area contributed by atoms with Gasteiger partial charge in [-0.2, -0.15) is 13.2 Å². The maximum absolute atomic E-state index is 12.4. The summed E-state index contributed by atoms with van der Waals surface area (Å²) < 4.78 is 37.2. The topological polar surface area (TPSA) is 38.0 Å². The SMILES string of the molecule is NC(CNc1ccc(C(F)(F)F)cc1)c1ccccc1. The van der Waals surface area contributed by atoms with E-state index in [1.807, 2.05) is 30.3 Å². The Kier molecular flexibility index (Phi) is 4.29. The van der Waals surface area contributed by atoms with E-state index in [1.54, 1.807) is 0 Å². The van der Waals surface area contributed by atoms with E-state index < -0.39 is 11.7 Å². The molecule has 2 rings (SSSR count). The fourth-order valence-electron chi connectivity index (χ4n) is 1.82. The number of alkyl halides is 3. The Morgan fingerprint density at radius 2 is 1.55 bits per heavy atom. The first kappa shape index (κ1) is 14.4. The molecule has 2 nitrogen and oxygen atoms in total. The predicted octanol–water partition coefficient (Wildman–Crippen LogP) is 3.82. The number of hydrogen-bond donors (Lipinski definition) is 2. The molecule has 0 saturated carbocycles. The van der Waals surface area contributed by atoms with Crippen LogP contribution >= 0.6 is 0 Å². The van der Waals surface area contributed by atoms with Crippen molar-refractivity contribution in [1.82, 2.24) is 0 Å². The van der Waals surface area contributed by atoms with Crippen molar-refractivity contribution in [2.75, 3.05) is 11.9 Å². The van der Waals surface area contributed by atoms with Gasteiger partial charge in [-0.25, -0.2) is 0 Å². The lowest BCUT2D eigenvalue weighted by Crippen LogP contribution is -2.20. The van der Waals surface area contributed by atoms with Crippen LogP contribution in [0.2, 0.25) is 0 Å².